The highest BCUT2D eigenvalue weighted by atomic mass is 35.5. The van der Waals surface area contributed by atoms with Crippen LogP contribution in [0, 0.1) is 5.92 Å². The van der Waals surface area contributed by atoms with Crippen LogP contribution in [0.1, 0.15) is 24.8 Å². The average molecular weight is 264 g/mol. The highest BCUT2D eigenvalue weighted by Gasteiger charge is 2.34. The molecular weight excluding hydrogens is 246 g/mol. The fourth-order valence-electron chi connectivity index (χ4n) is 2.94. The molecule has 0 aromatic heterocycles. The van der Waals surface area contributed by atoms with Crippen molar-refractivity contribution in [3.8, 4) is 0 Å². The zero-order chi connectivity index (χ0) is 12.5. The smallest absolute Gasteiger partial charge is 0.128 e. The molecule has 96 valence electrons. The molecule has 0 saturated heterocycles. The summed E-state index contributed by atoms with van der Waals surface area (Å²) in [5.41, 5.74) is 6.85. The van der Waals surface area contributed by atoms with E-state index in [0.29, 0.717) is 18.0 Å². The molecule has 1 aromatic carbocycles. The van der Waals surface area contributed by atoms with Crippen molar-refractivity contribution in [2.75, 3.05) is 6.54 Å². The minimum absolute atomic E-state index is 0.418. The SMILES string of the molecule is NCC1CCC2N=C(c3cccc(Cl)c3)NC2C1. The van der Waals surface area contributed by atoms with Gasteiger partial charge in [0.15, 0.2) is 0 Å². The van der Waals surface area contributed by atoms with Gasteiger partial charge in [-0.3, -0.25) is 4.99 Å². The molecule has 1 saturated carbocycles. The predicted octanol–water partition coefficient (Wildman–Crippen LogP) is 2.19. The van der Waals surface area contributed by atoms with Crippen molar-refractivity contribution in [2.24, 2.45) is 16.6 Å². The summed E-state index contributed by atoms with van der Waals surface area (Å²) in [5, 5.41) is 4.29. The molecule has 3 atom stereocenters. The molecule has 1 aliphatic carbocycles. The lowest BCUT2D eigenvalue weighted by Crippen LogP contribution is -2.41. The average Bonchev–Trinajstić information content (AvgIpc) is 2.81. The fraction of sp³-hybridized carbons (Fsp3) is 0.500. The number of amidine groups is 1. The lowest BCUT2D eigenvalue weighted by Gasteiger charge is -2.29. The van der Waals surface area contributed by atoms with Gasteiger partial charge in [-0.2, -0.15) is 0 Å². The molecule has 18 heavy (non-hydrogen) atoms. The molecule has 0 bridgehead atoms. The van der Waals surface area contributed by atoms with E-state index in [1.807, 2.05) is 18.2 Å². The van der Waals surface area contributed by atoms with Crippen molar-refractivity contribution >= 4 is 17.4 Å². The molecule has 3 N–H and O–H groups in total. The maximum absolute atomic E-state index is 6.02. The Morgan fingerprint density at radius 3 is 3.06 bits per heavy atom. The normalized spacial score (nSPS) is 30.6. The topological polar surface area (TPSA) is 50.4 Å². The van der Waals surface area contributed by atoms with Gasteiger partial charge in [0.25, 0.3) is 0 Å². The van der Waals surface area contributed by atoms with Crippen LogP contribution in [0.4, 0.5) is 0 Å². The molecule has 1 aliphatic heterocycles. The molecule has 3 rings (SSSR count). The molecule has 3 nitrogen and oxygen atoms in total. The van der Waals surface area contributed by atoms with Crippen LogP contribution < -0.4 is 11.1 Å². The van der Waals surface area contributed by atoms with E-state index in [1.54, 1.807) is 0 Å². The quantitative estimate of drug-likeness (QED) is 0.859. The third-order valence-corrected chi connectivity index (χ3v) is 4.21. The van der Waals surface area contributed by atoms with Crippen molar-refractivity contribution < 1.29 is 0 Å². The maximum atomic E-state index is 6.02. The first-order valence-corrected chi connectivity index (χ1v) is 6.94. The Morgan fingerprint density at radius 2 is 2.28 bits per heavy atom. The van der Waals surface area contributed by atoms with Crippen LogP contribution in [-0.2, 0) is 0 Å². The summed E-state index contributed by atoms with van der Waals surface area (Å²) in [6.45, 7) is 0.789. The number of nitrogens with zero attached hydrogens (tertiary/aromatic N) is 1. The largest absolute Gasteiger partial charge is 0.365 e. The third kappa shape index (κ3) is 2.25. The number of benzene rings is 1. The van der Waals surface area contributed by atoms with Crippen LogP contribution in [0.15, 0.2) is 29.3 Å². The number of fused-ring (bicyclic) bond motifs is 1. The van der Waals surface area contributed by atoms with E-state index in [0.717, 1.165) is 35.8 Å². The third-order valence-electron chi connectivity index (χ3n) is 3.97. The summed E-state index contributed by atoms with van der Waals surface area (Å²) < 4.78 is 0. The van der Waals surface area contributed by atoms with Gasteiger partial charge in [-0.05, 0) is 43.9 Å². The summed E-state index contributed by atoms with van der Waals surface area (Å²) >= 11 is 6.02. The van der Waals surface area contributed by atoms with Gasteiger partial charge < -0.3 is 11.1 Å². The van der Waals surface area contributed by atoms with E-state index >= 15 is 0 Å². The molecule has 3 unspecified atom stereocenters. The van der Waals surface area contributed by atoms with Crippen LogP contribution in [0.25, 0.3) is 0 Å². The second-order valence-electron chi connectivity index (χ2n) is 5.22. The van der Waals surface area contributed by atoms with Gasteiger partial charge in [0.05, 0.1) is 12.1 Å². The Labute approximate surface area is 112 Å². The Balaban J connectivity index is 1.77. The van der Waals surface area contributed by atoms with Crippen LogP contribution in [0.3, 0.4) is 0 Å². The summed E-state index contributed by atoms with van der Waals surface area (Å²) in [4.78, 5) is 4.80. The molecule has 1 fully saturated rings. The standard InChI is InChI=1S/C14H18ClN3/c15-11-3-1-2-10(7-11)14-17-12-5-4-9(8-16)6-13(12)18-14/h1-3,7,9,12-13H,4-6,8,16H2,(H,17,18). The van der Waals surface area contributed by atoms with Gasteiger partial charge in [0.2, 0.25) is 0 Å². The second-order valence-corrected chi connectivity index (χ2v) is 5.66. The Kier molecular flexibility index (Phi) is 3.27. The van der Waals surface area contributed by atoms with Crippen molar-refractivity contribution in [3.05, 3.63) is 34.9 Å². The molecule has 1 heterocycles. The van der Waals surface area contributed by atoms with Crippen LogP contribution in [0.2, 0.25) is 5.02 Å². The van der Waals surface area contributed by atoms with Crippen LogP contribution in [-0.4, -0.2) is 24.5 Å². The summed E-state index contributed by atoms with van der Waals surface area (Å²) in [6.07, 6.45) is 3.48. The number of hydrogen-bond donors (Lipinski definition) is 2. The molecule has 4 heteroatoms. The summed E-state index contributed by atoms with van der Waals surface area (Å²) in [5.74, 6) is 1.64. The van der Waals surface area contributed by atoms with Crippen LogP contribution >= 0.6 is 11.6 Å². The van der Waals surface area contributed by atoms with Gasteiger partial charge in [-0.1, -0.05) is 23.7 Å². The monoisotopic (exact) mass is 263 g/mol. The van der Waals surface area contributed by atoms with E-state index in [9.17, 15) is 0 Å². The molecular formula is C14H18ClN3. The van der Waals surface area contributed by atoms with Crippen LogP contribution in [0.5, 0.6) is 0 Å². The zero-order valence-corrected chi connectivity index (χ0v) is 11.0. The van der Waals surface area contributed by atoms with Gasteiger partial charge >= 0.3 is 0 Å². The molecule has 0 radical (unpaired) electrons. The molecule has 1 aromatic rings. The predicted molar refractivity (Wildman–Crippen MR) is 75.1 cm³/mol. The number of nitrogens with one attached hydrogen (secondary N) is 1. The van der Waals surface area contributed by atoms with E-state index in [-0.39, 0.29) is 0 Å². The second kappa shape index (κ2) is 4.90. The summed E-state index contributed by atoms with van der Waals surface area (Å²) in [7, 11) is 0. The number of rotatable bonds is 2. The number of nitrogens with two attached hydrogens (primary N) is 1. The summed E-state index contributed by atoms with van der Waals surface area (Å²) in [6, 6.07) is 8.74. The van der Waals surface area contributed by atoms with E-state index in [4.69, 9.17) is 22.3 Å². The maximum Gasteiger partial charge on any atom is 0.128 e. The van der Waals surface area contributed by atoms with Crippen molar-refractivity contribution in [1.82, 2.24) is 5.32 Å². The Hall–Kier alpha value is -1.06. The first-order valence-electron chi connectivity index (χ1n) is 6.56. The minimum atomic E-state index is 0.418. The minimum Gasteiger partial charge on any atom is -0.365 e. The van der Waals surface area contributed by atoms with Crippen molar-refractivity contribution in [1.29, 1.82) is 0 Å². The number of aliphatic imine (C=N–C) groups is 1. The van der Waals surface area contributed by atoms with Gasteiger partial charge in [0.1, 0.15) is 5.84 Å². The lowest BCUT2D eigenvalue weighted by molar-refractivity contribution is 0.294. The van der Waals surface area contributed by atoms with E-state index in [1.165, 1.54) is 6.42 Å². The highest BCUT2D eigenvalue weighted by molar-refractivity contribution is 6.31. The van der Waals surface area contributed by atoms with Gasteiger partial charge in [-0.15, -0.1) is 0 Å². The first kappa shape index (κ1) is 12.0. The molecule has 2 aliphatic rings. The highest BCUT2D eigenvalue weighted by Crippen LogP contribution is 2.30. The zero-order valence-electron chi connectivity index (χ0n) is 10.3. The van der Waals surface area contributed by atoms with Gasteiger partial charge in [-0.25, -0.2) is 0 Å². The van der Waals surface area contributed by atoms with E-state index < -0.39 is 0 Å². The molecule has 0 amide bonds. The number of halogens is 1. The Bertz CT molecular complexity index is 472. The Morgan fingerprint density at radius 1 is 1.39 bits per heavy atom. The van der Waals surface area contributed by atoms with E-state index in [2.05, 4.69) is 11.4 Å². The number of hydrogen-bond acceptors (Lipinski definition) is 3. The van der Waals surface area contributed by atoms with Gasteiger partial charge in [0, 0.05) is 10.6 Å². The molecule has 0 spiro atoms. The fourth-order valence-corrected chi connectivity index (χ4v) is 3.13. The van der Waals surface area contributed by atoms with Crippen molar-refractivity contribution in [3.63, 3.8) is 0 Å². The first-order chi connectivity index (χ1) is 8.76. The lowest BCUT2D eigenvalue weighted by atomic mass is 9.83. The van der Waals surface area contributed by atoms with Crippen molar-refractivity contribution in [2.45, 2.75) is 31.3 Å².